The molecule has 0 radical (unpaired) electrons. The summed E-state index contributed by atoms with van der Waals surface area (Å²) in [4.78, 5) is 34.4. The van der Waals surface area contributed by atoms with Crippen LogP contribution in [0.1, 0.15) is 49.5 Å². The zero-order valence-corrected chi connectivity index (χ0v) is 16.7. The summed E-state index contributed by atoms with van der Waals surface area (Å²) in [6.07, 6.45) is 1.64. The maximum atomic E-state index is 14.4. The van der Waals surface area contributed by atoms with Gasteiger partial charge in [-0.15, -0.1) is 0 Å². The van der Waals surface area contributed by atoms with Crippen LogP contribution in [0.4, 0.5) is 8.78 Å². The van der Waals surface area contributed by atoms with Gasteiger partial charge >= 0.3 is 0 Å². The van der Waals surface area contributed by atoms with Gasteiger partial charge in [-0.2, -0.15) is 0 Å². The number of nitrogens with one attached hydrogen (secondary N) is 1. The second-order valence-electron chi connectivity index (χ2n) is 5.90. The molecule has 1 amide bonds. The smallest absolute Gasteiger partial charge is 0.223 e. The second kappa shape index (κ2) is 11.4. The lowest BCUT2D eigenvalue weighted by atomic mass is 9.99. The number of benzene rings is 1. The van der Waals surface area contributed by atoms with Gasteiger partial charge in [0, 0.05) is 18.8 Å². The van der Waals surface area contributed by atoms with Crippen molar-refractivity contribution in [2.75, 3.05) is 5.75 Å². The number of hydrogen-bond donors (Lipinski definition) is 2. The molecule has 0 unspecified atom stereocenters. The molecule has 0 heterocycles. The normalized spacial score (nSPS) is 13.5. The SMILES string of the molecule is CC/C(=C(F)\C=C(\F)CC)c1ccc(O)c(C(=O)SC[C@@H](C=O)NC(C)=O)c1. The molecule has 28 heavy (non-hydrogen) atoms. The van der Waals surface area contributed by atoms with E-state index in [1.165, 1.54) is 25.1 Å². The second-order valence-corrected chi connectivity index (χ2v) is 6.89. The van der Waals surface area contributed by atoms with Crippen LogP contribution in [0.5, 0.6) is 5.75 Å². The Balaban J connectivity index is 3.12. The highest BCUT2D eigenvalue weighted by Gasteiger charge is 2.18. The average Bonchev–Trinajstić information content (AvgIpc) is 2.66. The maximum absolute atomic E-state index is 14.4. The minimum absolute atomic E-state index is 0.0130. The molecule has 1 aromatic carbocycles. The third-order valence-electron chi connectivity index (χ3n) is 3.77. The van der Waals surface area contributed by atoms with Gasteiger partial charge in [-0.3, -0.25) is 9.59 Å². The number of aldehydes is 1. The highest BCUT2D eigenvalue weighted by atomic mass is 32.2. The Kier molecular flexibility index (Phi) is 9.58. The van der Waals surface area contributed by atoms with Crippen molar-refractivity contribution < 1.29 is 28.3 Å². The number of carbonyl (C=O) groups excluding carboxylic acids is 3. The Hall–Kier alpha value is -2.48. The Bertz CT molecular complexity index is 805. The fourth-order valence-electron chi connectivity index (χ4n) is 2.34. The summed E-state index contributed by atoms with van der Waals surface area (Å²) in [5.41, 5.74) is 0.482. The summed E-state index contributed by atoms with van der Waals surface area (Å²) in [6.45, 7) is 4.51. The quantitative estimate of drug-likeness (QED) is 0.467. The van der Waals surface area contributed by atoms with Gasteiger partial charge in [0.15, 0.2) is 0 Å². The zero-order chi connectivity index (χ0) is 21.3. The first-order chi connectivity index (χ1) is 13.2. The molecular formula is C20H23F2NO4S. The van der Waals surface area contributed by atoms with Crippen molar-refractivity contribution in [3.8, 4) is 5.75 Å². The number of phenols is 1. The molecule has 0 fully saturated rings. The number of aromatic hydroxyl groups is 1. The molecule has 0 spiro atoms. The van der Waals surface area contributed by atoms with E-state index in [2.05, 4.69) is 5.32 Å². The lowest BCUT2D eigenvalue weighted by Gasteiger charge is -2.12. The predicted octanol–water partition coefficient (Wildman–Crippen LogP) is 4.32. The number of thioether (sulfide) groups is 1. The minimum Gasteiger partial charge on any atom is -0.507 e. The van der Waals surface area contributed by atoms with Crippen molar-refractivity contribution in [1.82, 2.24) is 5.32 Å². The Morgan fingerprint density at radius 1 is 1.25 bits per heavy atom. The van der Waals surface area contributed by atoms with Gasteiger partial charge in [-0.1, -0.05) is 31.7 Å². The Labute approximate surface area is 166 Å². The molecule has 0 bridgehead atoms. The third kappa shape index (κ3) is 6.92. The Morgan fingerprint density at radius 3 is 2.46 bits per heavy atom. The van der Waals surface area contributed by atoms with Gasteiger partial charge in [0.25, 0.3) is 0 Å². The molecule has 0 aliphatic rings. The molecular weight excluding hydrogens is 388 g/mol. The summed E-state index contributed by atoms with van der Waals surface area (Å²) in [5.74, 6) is -2.07. The van der Waals surface area contributed by atoms with Crippen molar-refractivity contribution in [3.05, 3.63) is 47.1 Å². The molecule has 0 saturated heterocycles. The van der Waals surface area contributed by atoms with Gasteiger partial charge in [-0.25, -0.2) is 8.78 Å². The lowest BCUT2D eigenvalue weighted by molar-refractivity contribution is -0.121. The number of carbonyl (C=O) groups is 3. The van der Waals surface area contributed by atoms with Crippen molar-refractivity contribution in [2.45, 2.75) is 39.7 Å². The van der Waals surface area contributed by atoms with Crippen LogP contribution in [-0.4, -0.2) is 34.2 Å². The van der Waals surface area contributed by atoms with Crippen LogP contribution in [0.3, 0.4) is 0 Å². The predicted molar refractivity (Wildman–Crippen MR) is 106 cm³/mol. The highest BCUT2D eigenvalue weighted by Crippen LogP contribution is 2.31. The summed E-state index contributed by atoms with van der Waals surface area (Å²) < 4.78 is 27.8. The van der Waals surface area contributed by atoms with E-state index in [4.69, 9.17) is 0 Å². The molecule has 5 nitrogen and oxygen atoms in total. The van der Waals surface area contributed by atoms with Crippen molar-refractivity contribution in [2.24, 2.45) is 0 Å². The number of amides is 1. The van der Waals surface area contributed by atoms with Gasteiger partial charge in [0.2, 0.25) is 11.0 Å². The van der Waals surface area contributed by atoms with E-state index < -0.39 is 28.7 Å². The molecule has 0 aliphatic carbocycles. The van der Waals surface area contributed by atoms with Crippen molar-refractivity contribution in [1.29, 1.82) is 0 Å². The first-order valence-corrected chi connectivity index (χ1v) is 9.69. The highest BCUT2D eigenvalue weighted by molar-refractivity contribution is 8.14. The van der Waals surface area contributed by atoms with Gasteiger partial charge in [-0.05, 0) is 36.1 Å². The van der Waals surface area contributed by atoms with Crippen LogP contribution in [0.15, 0.2) is 35.9 Å². The van der Waals surface area contributed by atoms with E-state index in [9.17, 15) is 28.3 Å². The third-order valence-corrected chi connectivity index (χ3v) is 4.78. The van der Waals surface area contributed by atoms with Gasteiger partial charge < -0.3 is 15.2 Å². The molecule has 152 valence electrons. The molecule has 0 aliphatic heterocycles. The zero-order valence-electron chi connectivity index (χ0n) is 15.9. The first-order valence-electron chi connectivity index (χ1n) is 8.71. The van der Waals surface area contributed by atoms with E-state index >= 15 is 0 Å². The van der Waals surface area contributed by atoms with Gasteiger partial charge in [0.1, 0.15) is 23.7 Å². The van der Waals surface area contributed by atoms with Crippen LogP contribution >= 0.6 is 11.8 Å². The lowest BCUT2D eigenvalue weighted by Crippen LogP contribution is -2.36. The molecule has 0 saturated carbocycles. The first kappa shape index (κ1) is 23.6. The van der Waals surface area contributed by atoms with Crippen LogP contribution in [0.2, 0.25) is 0 Å². The van der Waals surface area contributed by atoms with Crippen LogP contribution in [0.25, 0.3) is 5.57 Å². The summed E-state index contributed by atoms with van der Waals surface area (Å²) in [6, 6.07) is 3.19. The summed E-state index contributed by atoms with van der Waals surface area (Å²) in [7, 11) is 0. The van der Waals surface area contributed by atoms with Crippen molar-refractivity contribution >= 4 is 34.6 Å². The summed E-state index contributed by atoms with van der Waals surface area (Å²) in [5, 5.41) is 11.8. The number of rotatable bonds is 9. The monoisotopic (exact) mass is 411 g/mol. The van der Waals surface area contributed by atoms with Crippen molar-refractivity contribution in [3.63, 3.8) is 0 Å². The standard InChI is InChI=1S/C20H23F2NO4S/c1-4-14(21)9-18(22)16(5-2)13-6-7-19(26)17(8-13)20(27)28-11-15(10-24)23-12(3)25/h6-10,15,26H,4-5,11H2,1-3H3,(H,23,25)/b14-9+,18-16-/t15-/m1/s1. The number of halogens is 2. The van der Waals surface area contributed by atoms with E-state index in [1.54, 1.807) is 13.8 Å². The number of phenolic OH excluding ortho intramolecular Hbond substituents is 1. The van der Waals surface area contributed by atoms with E-state index in [0.717, 1.165) is 17.8 Å². The van der Waals surface area contributed by atoms with Crippen LogP contribution in [0, 0.1) is 0 Å². The molecule has 8 heteroatoms. The van der Waals surface area contributed by atoms with E-state index in [0.29, 0.717) is 11.8 Å². The molecule has 1 aromatic rings. The molecule has 1 atom stereocenters. The molecule has 1 rings (SSSR count). The molecule has 2 N–H and O–H groups in total. The summed E-state index contributed by atoms with van der Waals surface area (Å²) >= 11 is 0.742. The van der Waals surface area contributed by atoms with Crippen LogP contribution < -0.4 is 5.32 Å². The van der Waals surface area contributed by atoms with E-state index in [1.807, 2.05) is 0 Å². The van der Waals surface area contributed by atoms with Gasteiger partial charge in [0.05, 0.1) is 11.6 Å². The fraction of sp³-hybridized carbons (Fsp3) is 0.350. The minimum atomic E-state index is -0.845. The number of allylic oxidation sites excluding steroid dienone is 4. The topological polar surface area (TPSA) is 83.5 Å². The number of hydrogen-bond acceptors (Lipinski definition) is 5. The Morgan fingerprint density at radius 2 is 1.93 bits per heavy atom. The maximum Gasteiger partial charge on any atom is 0.223 e. The fourth-order valence-corrected chi connectivity index (χ4v) is 3.16. The largest absolute Gasteiger partial charge is 0.507 e. The van der Waals surface area contributed by atoms with Crippen LogP contribution in [-0.2, 0) is 9.59 Å². The average molecular weight is 411 g/mol. The van der Waals surface area contributed by atoms with E-state index in [-0.39, 0.29) is 35.5 Å². The molecule has 0 aromatic heterocycles.